The molecule has 1 amide bonds. The molecule has 0 saturated carbocycles. The number of hydrogen-bond donors (Lipinski definition) is 2. The second kappa shape index (κ2) is 10.8. The third kappa shape index (κ3) is 5.72. The maximum absolute atomic E-state index is 14.5. The molecular weight excluding hydrogens is 465 g/mol. The highest BCUT2D eigenvalue weighted by Crippen LogP contribution is 2.27. The number of nitrogens with one attached hydrogen (secondary N) is 2. The lowest BCUT2D eigenvalue weighted by molar-refractivity contribution is -0.132. The van der Waals surface area contributed by atoms with Gasteiger partial charge in [-0.2, -0.15) is 5.26 Å². The lowest BCUT2D eigenvalue weighted by Gasteiger charge is -2.18. The van der Waals surface area contributed by atoms with Crippen molar-refractivity contribution in [1.29, 1.82) is 5.26 Å². The van der Waals surface area contributed by atoms with Crippen molar-refractivity contribution in [2.75, 3.05) is 19.7 Å². The molecule has 11 heteroatoms. The monoisotopic (exact) mass is 488 g/mol. The number of ether oxygens (including phenoxy) is 1. The fourth-order valence-electron chi connectivity index (χ4n) is 3.94. The van der Waals surface area contributed by atoms with Crippen LogP contribution in [0.15, 0.2) is 45.6 Å². The van der Waals surface area contributed by atoms with Gasteiger partial charge in [-0.1, -0.05) is 24.3 Å². The van der Waals surface area contributed by atoms with Gasteiger partial charge in [0.1, 0.15) is 12.1 Å². The topological polar surface area (TPSA) is 109 Å². The van der Waals surface area contributed by atoms with Crippen LogP contribution in [0.2, 0.25) is 0 Å². The molecule has 2 atom stereocenters. The number of halogens is 3. The van der Waals surface area contributed by atoms with Gasteiger partial charge in [-0.3, -0.25) is 9.36 Å². The smallest absolute Gasteiger partial charge is 0.405 e. The van der Waals surface area contributed by atoms with E-state index in [4.69, 9.17) is 9.15 Å². The number of rotatable bonds is 7. The average molecular weight is 488 g/mol. The first kappa shape index (κ1) is 24.5. The van der Waals surface area contributed by atoms with E-state index in [0.29, 0.717) is 28.8 Å². The Hall–Kier alpha value is -3.62. The summed E-state index contributed by atoms with van der Waals surface area (Å²) in [5.41, 5.74) is 1.25. The fourth-order valence-corrected chi connectivity index (χ4v) is 3.94. The average Bonchev–Trinajstić information content (AvgIpc) is 3.01. The second-order valence-corrected chi connectivity index (χ2v) is 8.18. The van der Waals surface area contributed by atoms with Crippen LogP contribution in [-0.2, 0) is 22.5 Å². The van der Waals surface area contributed by atoms with E-state index in [1.165, 1.54) is 6.07 Å². The van der Waals surface area contributed by atoms with Gasteiger partial charge >= 0.3 is 5.76 Å². The van der Waals surface area contributed by atoms with Crippen LogP contribution in [0.25, 0.3) is 22.2 Å². The summed E-state index contributed by atoms with van der Waals surface area (Å²) in [6.07, 6.45) is -2.42. The first-order chi connectivity index (χ1) is 16.9. The molecule has 0 aliphatic carbocycles. The SMILES string of the molecule is N#CC(Cc1ccc(-c2cc(F)c3oc(=O)n(CC(F)F)c3c2)cc1)NC(=O)[C@@H]1CNCCCO1. The quantitative estimate of drug-likeness (QED) is 0.529. The zero-order valence-electron chi connectivity index (χ0n) is 18.6. The maximum Gasteiger partial charge on any atom is 0.420 e. The predicted molar refractivity (Wildman–Crippen MR) is 120 cm³/mol. The number of benzene rings is 2. The molecule has 0 spiro atoms. The number of alkyl halides is 2. The van der Waals surface area contributed by atoms with Crippen LogP contribution < -0.4 is 16.4 Å². The molecule has 1 aromatic heterocycles. The summed E-state index contributed by atoms with van der Waals surface area (Å²) in [4.78, 5) is 24.3. The van der Waals surface area contributed by atoms with Crippen molar-refractivity contribution in [3.05, 3.63) is 58.3 Å². The van der Waals surface area contributed by atoms with Crippen LogP contribution in [-0.4, -0.2) is 48.7 Å². The molecule has 1 saturated heterocycles. The van der Waals surface area contributed by atoms with Crippen LogP contribution in [0, 0.1) is 17.1 Å². The van der Waals surface area contributed by atoms with Crippen molar-refractivity contribution in [1.82, 2.24) is 15.2 Å². The largest absolute Gasteiger partial charge is 0.420 e. The molecule has 0 radical (unpaired) electrons. The Balaban J connectivity index is 1.49. The number of fused-ring (bicyclic) bond motifs is 1. The lowest BCUT2D eigenvalue weighted by atomic mass is 10.0. The molecule has 1 fully saturated rings. The van der Waals surface area contributed by atoms with Gasteiger partial charge in [0, 0.05) is 19.6 Å². The second-order valence-electron chi connectivity index (χ2n) is 8.18. The Morgan fingerprint density at radius 1 is 1.26 bits per heavy atom. The predicted octanol–water partition coefficient (Wildman–Crippen LogP) is 2.60. The van der Waals surface area contributed by atoms with Gasteiger partial charge in [0.2, 0.25) is 0 Å². The van der Waals surface area contributed by atoms with Crippen LogP contribution in [0.1, 0.15) is 12.0 Å². The van der Waals surface area contributed by atoms with Crippen molar-refractivity contribution in [3.8, 4) is 17.2 Å². The van der Waals surface area contributed by atoms with Crippen molar-refractivity contribution >= 4 is 17.0 Å². The van der Waals surface area contributed by atoms with Crippen LogP contribution in [0.5, 0.6) is 0 Å². The van der Waals surface area contributed by atoms with Gasteiger partial charge < -0.3 is 19.8 Å². The van der Waals surface area contributed by atoms with E-state index < -0.39 is 36.7 Å². The summed E-state index contributed by atoms with van der Waals surface area (Å²) in [5.74, 6) is -2.25. The molecule has 184 valence electrons. The standard InChI is InChI=1S/C24H23F3N4O4/c25-18-9-16(10-19-22(18)35-24(33)31(19)13-21(26)27)15-4-2-14(3-5-15)8-17(11-28)30-23(32)20-12-29-6-1-7-34-20/h2-5,9-10,17,20-21,29H,1,6-8,12-13H2,(H,30,32)/t17?,20-/m0/s1. The van der Waals surface area contributed by atoms with E-state index in [1.807, 2.05) is 0 Å². The molecule has 4 rings (SSSR count). The highest BCUT2D eigenvalue weighted by Gasteiger charge is 2.23. The highest BCUT2D eigenvalue weighted by atomic mass is 19.3. The summed E-state index contributed by atoms with van der Waals surface area (Å²) in [6, 6.07) is 10.7. The third-order valence-corrected chi connectivity index (χ3v) is 5.68. The Morgan fingerprint density at radius 3 is 2.74 bits per heavy atom. The summed E-state index contributed by atoms with van der Waals surface area (Å²) < 4.78 is 51.3. The van der Waals surface area contributed by atoms with Crippen molar-refractivity contribution in [2.45, 2.75) is 38.0 Å². The Bertz CT molecular complexity index is 1290. The summed E-state index contributed by atoms with van der Waals surface area (Å²) >= 11 is 0. The summed E-state index contributed by atoms with van der Waals surface area (Å²) in [5, 5.41) is 15.3. The van der Waals surface area contributed by atoms with E-state index in [0.717, 1.165) is 24.6 Å². The first-order valence-corrected chi connectivity index (χ1v) is 11.1. The fraction of sp³-hybridized carbons (Fsp3) is 0.375. The molecule has 1 aliphatic rings. The van der Waals surface area contributed by atoms with Crippen molar-refractivity contribution < 1.29 is 27.1 Å². The number of nitrogens with zero attached hydrogens (tertiary/aromatic N) is 2. The molecule has 2 N–H and O–H groups in total. The number of nitriles is 1. The Labute approximate surface area is 198 Å². The van der Waals surface area contributed by atoms with Gasteiger partial charge in [-0.05, 0) is 41.8 Å². The van der Waals surface area contributed by atoms with Gasteiger partial charge in [0.05, 0.1) is 18.1 Å². The lowest BCUT2D eigenvalue weighted by Crippen LogP contribution is -2.46. The van der Waals surface area contributed by atoms with Crippen LogP contribution in [0.4, 0.5) is 13.2 Å². The van der Waals surface area contributed by atoms with E-state index >= 15 is 0 Å². The first-order valence-electron chi connectivity index (χ1n) is 11.1. The number of amides is 1. The minimum Gasteiger partial charge on any atom is -0.405 e. The summed E-state index contributed by atoms with van der Waals surface area (Å²) in [7, 11) is 0. The molecule has 2 aromatic carbocycles. The van der Waals surface area contributed by atoms with E-state index in [1.54, 1.807) is 24.3 Å². The normalized spacial score (nSPS) is 17.2. The molecule has 2 heterocycles. The molecular formula is C24H23F3N4O4. The Morgan fingerprint density at radius 2 is 2.03 bits per heavy atom. The summed E-state index contributed by atoms with van der Waals surface area (Å²) in [6.45, 7) is 0.699. The van der Waals surface area contributed by atoms with Crippen molar-refractivity contribution in [2.24, 2.45) is 0 Å². The molecule has 1 aliphatic heterocycles. The number of hydrogen-bond acceptors (Lipinski definition) is 6. The van der Waals surface area contributed by atoms with Gasteiger partial charge in [0.25, 0.3) is 12.3 Å². The molecule has 8 nitrogen and oxygen atoms in total. The number of carbonyl (C=O) groups is 1. The molecule has 3 aromatic rings. The Kier molecular flexibility index (Phi) is 7.53. The zero-order valence-corrected chi connectivity index (χ0v) is 18.6. The number of aromatic nitrogens is 1. The van der Waals surface area contributed by atoms with E-state index in [-0.39, 0.29) is 23.4 Å². The minimum atomic E-state index is -2.81. The molecule has 0 bridgehead atoms. The van der Waals surface area contributed by atoms with E-state index in [2.05, 4.69) is 16.7 Å². The van der Waals surface area contributed by atoms with Gasteiger partial charge in [-0.25, -0.2) is 18.0 Å². The molecule has 1 unspecified atom stereocenters. The number of carbonyl (C=O) groups excluding carboxylic acids is 1. The minimum absolute atomic E-state index is 0.0585. The highest BCUT2D eigenvalue weighted by molar-refractivity contribution is 5.82. The van der Waals surface area contributed by atoms with E-state index in [9.17, 15) is 28.0 Å². The maximum atomic E-state index is 14.5. The number of oxazole rings is 1. The van der Waals surface area contributed by atoms with Crippen LogP contribution >= 0.6 is 0 Å². The zero-order chi connectivity index (χ0) is 24.9. The molecule has 35 heavy (non-hydrogen) atoms. The van der Waals surface area contributed by atoms with Gasteiger partial charge in [-0.15, -0.1) is 0 Å². The van der Waals surface area contributed by atoms with Crippen molar-refractivity contribution in [3.63, 3.8) is 0 Å². The van der Waals surface area contributed by atoms with Gasteiger partial charge in [0.15, 0.2) is 11.4 Å². The third-order valence-electron chi connectivity index (χ3n) is 5.68. The van der Waals surface area contributed by atoms with Crippen LogP contribution in [0.3, 0.4) is 0 Å².